The topological polar surface area (TPSA) is 55.9 Å². The molecule has 0 spiro atoms. The number of nitrogens with two attached hydrogens (primary N) is 1. The zero-order chi connectivity index (χ0) is 13.3. The number of anilines is 2. The lowest BCUT2D eigenvalue weighted by Crippen LogP contribution is -2.03. The quantitative estimate of drug-likeness (QED) is 0.857. The van der Waals surface area contributed by atoms with E-state index in [0.29, 0.717) is 22.4 Å². The van der Waals surface area contributed by atoms with Gasteiger partial charge >= 0.3 is 0 Å². The molecule has 0 amide bonds. The molecule has 1 aromatic heterocycles. The second kappa shape index (κ2) is 4.97. The van der Waals surface area contributed by atoms with Crippen LogP contribution in [0.25, 0.3) is 0 Å². The van der Waals surface area contributed by atoms with E-state index in [1.54, 1.807) is 10.7 Å². The van der Waals surface area contributed by atoms with Crippen LogP contribution in [-0.2, 0) is 13.6 Å². The van der Waals surface area contributed by atoms with E-state index in [9.17, 15) is 4.39 Å². The summed E-state index contributed by atoms with van der Waals surface area (Å²) in [6, 6.07) is 2.93. The van der Waals surface area contributed by atoms with E-state index >= 15 is 0 Å². The van der Waals surface area contributed by atoms with Gasteiger partial charge in [0.1, 0.15) is 5.82 Å². The number of nitrogens with one attached hydrogen (secondary N) is 1. The summed E-state index contributed by atoms with van der Waals surface area (Å²) in [5.74, 6) is -0.365. The summed E-state index contributed by atoms with van der Waals surface area (Å²) >= 11 is 3.14. The Labute approximate surface area is 113 Å². The summed E-state index contributed by atoms with van der Waals surface area (Å²) in [4.78, 5) is 0. The monoisotopic (exact) mass is 312 g/mol. The van der Waals surface area contributed by atoms with E-state index in [2.05, 4.69) is 26.3 Å². The van der Waals surface area contributed by atoms with Gasteiger partial charge in [-0.1, -0.05) is 0 Å². The third-order valence-corrected chi connectivity index (χ3v) is 3.28. The molecule has 0 radical (unpaired) electrons. The van der Waals surface area contributed by atoms with Crippen LogP contribution in [0.1, 0.15) is 11.3 Å². The number of aryl methyl sites for hydroxylation is 2. The molecule has 1 aromatic carbocycles. The lowest BCUT2D eigenvalue weighted by molar-refractivity contribution is 0.622. The molecule has 3 N–H and O–H groups in total. The van der Waals surface area contributed by atoms with Crippen LogP contribution >= 0.6 is 15.9 Å². The van der Waals surface area contributed by atoms with Crippen molar-refractivity contribution in [1.82, 2.24) is 9.78 Å². The fraction of sp³-hybridized carbons (Fsp3) is 0.250. The van der Waals surface area contributed by atoms with Crippen molar-refractivity contribution in [2.45, 2.75) is 13.5 Å². The highest BCUT2D eigenvalue weighted by Gasteiger charge is 2.07. The van der Waals surface area contributed by atoms with Gasteiger partial charge < -0.3 is 11.1 Å². The van der Waals surface area contributed by atoms with Crippen LogP contribution in [0.4, 0.5) is 15.8 Å². The summed E-state index contributed by atoms with van der Waals surface area (Å²) < 4.78 is 15.4. The summed E-state index contributed by atoms with van der Waals surface area (Å²) in [6.45, 7) is 2.54. The van der Waals surface area contributed by atoms with Gasteiger partial charge in [-0.05, 0) is 28.9 Å². The van der Waals surface area contributed by atoms with Crippen molar-refractivity contribution in [3.63, 3.8) is 0 Å². The van der Waals surface area contributed by atoms with Gasteiger partial charge in [0, 0.05) is 31.4 Å². The smallest absolute Gasteiger partial charge is 0.139 e. The summed E-state index contributed by atoms with van der Waals surface area (Å²) in [5, 5.41) is 7.43. The lowest BCUT2D eigenvalue weighted by atomic mass is 10.2. The van der Waals surface area contributed by atoms with Gasteiger partial charge in [-0.15, -0.1) is 0 Å². The number of halogens is 2. The molecular formula is C12H14BrFN4. The first-order valence-corrected chi connectivity index (χ1v) is 6.24. The van der Waals surface area contributed by atoms with Gasteiger partial charge in [-0.3, -0.25) is 4.68 Å². The zero-order valence-corrected chi connectivity index (χ0v) is 11.8. The van der Waals surface area contributed by atoms with E-state index in [4.69, 9.17) is 5.73 Å². The summed E-state index contributed by atoms with van der Waals surface area (Å²) in [7, 11) is 1.87. The number of rotatable bonds is 3. The van der Waals surface area contributed by atoms with Crippen molar-refractivity contribution < 1.29 is 4.39 Å². The third-order valence-electron chi connectivity index (χ3n) is 2.68. The largest absolute Gasteiger partial charge is 0.397 e. The molecule has 4 nitrogen and oxygen atoms in total. The first-order chi connectivity index (χ1) is 8.47. The average Bonchev–Trinajstić information content (AvgIpc) is 2.61. The van der Waals surface area contributed by atoms with Gasteiger partial charge in [0.05, 0.1) is 21.5 Å². The number of hydrogen-bond acceptors (Lipinski definition) is 3. The molecule has 18 heavy (non-hydrogen) atoms. The molecule has 0 unspecified atom stereocenters. The van der Waals surface area contributed by atoms with Crippen molar-refractivity contribution in [2.75, 3.05) is 11.1 Å². The second-order valence-corrected chi connectivity index (χ2v) is 4.97. The normalized spacial score (nSPS) is 10.7. The summed E-state index contributed by atoms with van der Waals surface area (Å²) in [6.07, 6.45) is 1.94. The van der Waals surface area contributed by atoms with Crippen molar-refractivity contribution in [2.24, 2.45) is 7.05 Å². The average molecular weight is 313 g/mol. The van der Waals surface area contributed by atoms with Crippen LogP contribution in [0.2, 0.25) is 0 Å². The Hall–Kier alpha value is -1.56. The van der Waals surface area contributed by atoms with Gasteiger partial charge in [-0.25, -0.2) is 4.39 Å². The maximum atomic E-state index is 13.2. The Morgan fingerprint density at radius 1 is 1.50 bits per heavy atom. The van der Waals surface area contributed by atoms with Crippen molar-refractivity contribution in [3.05, 3.63) is 39.9 Å². The summed E-state index contributed by atoms with van der Waals surface area (Å²) in [5.41, 5.74) is 8.88. The van der Waals surface area contributed by atoms with Crippen LogP contribution in [-0.4, -0.2) is 9.78 Å². The van der Waals surface area contributed by atoms with E-state index < -0.39 is 0 Å². The molecule has 0 atom stereocenters. The van der Waals surface area contributed by atoms with Gasteiger partial charge in [0.2, 0.25) is 0 Å². The van der Waals surface area contributed by atoms with Crippen LogP contribution in [0.5, 0.6) is 0 Å². The van der Waals surface area contributed by atoms with Crippen LogP contribution in [0, 0.1) is 12.7 Å². The number of hydrogen-bond donors (Lipinski definition) is 2. The zero-order valence-electron chi connectivity index (χ0n) is 10.2. The van der Waals surface area contributed by atoms with Crippen molar-refractivity contribution in [3.8, 4) is 0 Å². The van der Waals surface area contributed by atoms with Crippen LogP contribution < -0.4 is 11.1 Å². The fourth-order valence-corrected chi connectivity index (χ4v) is 2.07. The van der Waals surface area contributed by atoms with Gasteiger partial charge in [-0.2, -0.15) is 5.10 Å². The van der Waals surface area contributed by atoms with Crippen LogP contribution in [0.3, 0.4) is 0 Å². The van der Waals surface area contributed by atoms with Crippen molar-refractivity contribution >= 4 is 27.3 Å². The standard InChI is InChI=1S/C12H14BrFN4/c1-7-8(6-18(2)17-7)5-16-12-3-9(13)10(14)4-11(12)15/h3-4,6,16H,5,15H2,1-2H3. The number of nitrogens with zero attached hydrogens (tertiary/aromatic N) is 2. The van der Waals surface area contributed by atoms with Crippen molar-refractivity contribution in [1.29, 1.82) is 0 Å². The Bertz CT molecular complexity index is 580. The molecule has 0 fully saturated rings. The Kier molecular flexibility index (Phi) is 3.56. The number of aromatic nitrogens is 2. The van der Waals surface area contributed by atoms with E-state index in [1.165, 1.54) is 6.07 Å². The van der Waals surface area contributed by atoms with Crippen LogP contribution in [0.15, 0.2) is 22.8 Å². The second-order valence-electron chi connectivity index (χ2n) is 4.12. The molecule has 2 rings (SSSR count). The molecule has 0 saturated heterocycles. The number of benzene rings is 1. The Balaban J connectivity index is 2.15. The van der Waals surface area contributed by atoms with Gasteiger partial charge in [0.15, 0.2) is 0 Å². The highest BCUT2D eigenvalue weighted by atomic mass is 79.9. The lowest BCUT2D eigenvalue weighted by Gasteiger charge is -2.09. The third kappa shape index (κ3) is 2.64. The molecule has 1 heterocycles. The highest BCUT2D eigenvalue weighted by Crippen LogP contribution is 2.27. The van der Waals surface area contributed by atoms with E-state index in [-0.39, 0.29) is 5.82 Å². The first kappa shape index (κ1) is 12.9. The molecule has 2 aromatic rings. The fourth-order valence-electron chi connectivity index (χ4n) is 1.73. The minimum absolute atomic E-state index is 0.365. The highest BCUT2D eigenvalue weighted by molar-refractivity contribution is 9.10. The maximum Gasteiger partial charge on any atom is 0.139 e. The maximum absolute atomic E-state index is 13.2. The molecule has 96 valence electrons. The SMILES string of the molecule is Cc1nn(C)cc1CNc1cc(Br)c(F)cc1N. The molecule has 0 aliphatic carbocycles. The molecule has 6 heteroatoms. The number of nitrogen functional groups attached to an aromatic ring is 1. The predicted molar refractivity (Wildman–Crippen MR) is 73.8 cm³/mol. The van der Waals surface area contributed by atoms with E-state index in [0.717, 1.165) is 11.3 Å². The minimum Gasteiger partial charge on any atom is -0.397 e. The molecule has 0 aliphatic rings. The molecule has 0 aliphatic heterocycles. The predicted octanol–water partition coefficient (Wildman–Crippen LogP) is 2.82. The molecule has 0 bridgehead atoms. The van der Waals surface area contributed by atoms with E-state index in [1.807, 2.05) is 20.2 Å². The molecular weight excluding hydrogens is 299 g/mol. The van der Waals surface area contributed by atoms with Gasteiger partial charge in [0.25, 0.3) is 0 Å². The Morgan fingerprint density at radius 3 is 2.83 bits per heavy atom. The molecule has 0 saturated carbocycles. The minimum atomic E-state index is -0.365. The first-order valence-electron chi connectivity index (χ1n) is 5.45. The Morgan fingerprint density at radius 2 is 2.22 bits per heavy atom.